The molecule has 2 amide bonds. The third kappa shape index (κ3) is 6.57. The van der Waals surface area contributed by atoms with Gasteiger partial charge in [-0.1, -0.05) is 47.5 Å². The summed E-state index contributed by atoms with van der Waals surface area (Å²) in [4.78, 5) is 38.9. The van der Waals surface area contributed by atoms with Gasteiger partial charge in [0.25, 0.3) is 11.5 Å². The van der Waals surface area contributed by atoms with Gasteiger partial charge < -0.3 is 15.0 Å². The van der Waals surface area contributed by atoms with Crippen molar-refractivity contribution in [1.29, 1.82) is 0 Å². The second kappa shape index (κ2) is 11.5. The number of ether oxygens (including phenoxy) is 1. The fourth-order valence-electron chi connectivity index (χ4n) is 2.95. The highest BCUT2D eigenvalue weighted by molar-refractivity contribution is 6.39. The van der Waals surface area contributed by atoms with Crippen LogP contribution in [0.1, 0.15) is 17.4 Å². The Kier molecular flexibility index (Phi) is 8.46. The third-order valence-electron chi connectivity index (χ3n) is 4.63. The number of halogens is 2. The molecule has 172 valence electrons. The van der Waals surface area contributed by atoms with Gasteiger partial charge in [0.15, 0.2) is 0 Å². The van der Waals surface area contributed by atoms with E-state index in [-0.39, 0.29) is 53.2 Å². The monoisotopic (exact) mass is 488 g/mol. The summed E-state index contributed by atoms with van der Waals surface area (Å²) >= 11 is 12.2. The first-order chi connectivity index (χ1) is 15.9. The van der Waals surface area contributed by atoms with Gasteiger partial charge in [0.1, 0.15) is 24.6 Å². The van der Waals surface area contributed by atoms with Crippen molar-refractivity contribution in [1.82, 2.24) is 14.7 Å². The molecule has 0 saturated heterocycles. The van der Waals surface area contributed by atoms with Crippen molar-refractivity contribution in [2.24, 2.45) is 0 Å². The Labute approximate surface area is 200 Å². The van der Waals surface area contributed by atoms with Gasteiger partial charge >= 0.3 is 0 Å². The molecule has 2 aromatic carbocycles. The van der Waals surface area contributed by atoms with Gasteiger partial charge in [-0.05, 0) is 37.3 Å². The highest BCUT2D eigenvalue weighted by Gasteiger charge is 2.20. The predicted molar refractivity (Wildman–Crippen MR) is 127 cm³/mol. The van der Waals surface area contributed by atoms with Crippen LogP contribution < -0.4 is 15.6 Å². The lowest BCUT2D eigenvalue weighted by molar-refractivity contribution is -0.116. The van der Waals surface area contributed by atoms with E-state index >= 15 is 0 Å². The number of anilines is 1. The zero-order chi connectivity index (χ0) is 23.8. The highest BCUT2D eigenvalue weighted by Crippen LogP contribution is 2.29. The van der Waals surface area contributed by atoms with Crippen LogP contribution in [-0.2, 0) is 11.3 Å². The smallest absolute Gasteiger partial charge is 0.274 e. The van der Waals surface area contributed by atoms with Gasteiger partial charge in [-0.25, -0.2) is 4.68 Å². The maximum Gasteiger partial charge on any atom is 0.274 e. The molecule has 33 heavy (non-hydrogen) atoms. The van der Waals surface area contributed by atoms with Gasteiger partial charge in [0.05, 0.1) is 22.3 Å². The standard InChI is InChI=1S/C23H22Cl2N4O4/c1-2-28(15-20(30)26-22-17(24)9-6-10-18(22)25)23(32)19-11-12-21(31)29(27-19)13-14-33-16-7-4-3-5-8-16/h3-12H,2,13-15H2,1H3,(H,26,30). The van der Waals surface area contributed by atoms with Gasteiger partial charge in [-0.3, -0.25) is 14.4 Å². The van der Waals surface area contributed by atoms with Gasteiger partial charge in [0, 0.05) is 12.6 Å². The summed E-state index contributed by atoms with van der Waals surface area (Å²) in [5.41, 5.74) is -0.0449. The number of carbonyl (C=O) groups excluding carboxylic acids is 2. The first-order valence-electron chi connectivity index (χ1n) is 10.2. The van der Waals surface area contributed by atoms with Gasteiger partial charge in [-0.2, -0.15) is 5.10 Å². The topological polar surface area (TPSA) is 93.5 Å². The van der Waals surface area contributed by atoms with Crippen molar-refractivity contribution < 1.29 is 14.3 Å². The normalized spacial score (nSPS) is 10.5. The quantitative estimate of drug-likeness (QED) is 0.495. The average molecular weight is 489 g/mol. The lowest BCUT2D eigenvalue weighted by Crippen LogP contribution is -2.39. The lowest BCUT2D eigenvalue weighted by atomic mass is 10.3. The molecule has 0 fully saturated rings. The second-order valence-corrected chi connectivity index (χ2v) is 7.72. The number of benzene rings is 2. The Bertz CT molecular complexity index is 1160. The number of hydrogen-bond donors (Lipinski definition) is 1. The molecule has 0 unspecified atom stereocenters. The molecule has 0 radical (unpaired) electrons. The van der Waals surface area contributed by atoms with E-state index in [1.165, 1.54) is 17.0 Å². The third-order valence-corrected chi connectivity index (χ3v) is 5.26. The molecule has 3 aromatic rings. The number of aromatic nitrogens is 2. The average Bonchev–Trinajstić information content (AvgIpc) is 2.81. The minimum Gasteiger partial charge on any atom is -0.492 e. The van der Waals surface area contributed by atoms with E-state index in [0.29, 0.717) is 5.75 Å². The maximum atomic E-state index is 12.9. The van der Waals surface area contributed by atoms with Crippen molar-refractivity contribution >= 4 is 40.7 Å². The van der Waals surface area contributed by atoms with Crippen LogP contribution in [0.25, 0.3) is 0 Å². The summed E-state index contributed by atoms with van der Waals surface area (Å²) in [6.45, 7) is 2.10. The molecular formula is C23H22Cl2N4O4. The lowest BCUT2D eigenvalue weighted by Gasteiger charge is -2.20. The van der Waals surface area contributed by atoms with E-state index in [0.717, 1.165) is 4.68 Å². The van der Waals surface area contributed by atoms with E-state index in [2.05, 4.69) is 10.4 Å². The fraction of sp³-hybridized carbons (Fsp3) is 0.217. The minimum absolute atomic E-state index is 0.0414. The maximum absolute atomic E-state index is 12.9. The van der Waals surface area contributed by atoms with Crippen LogP contribution in [0.15, 0.2) is 65.5 Å². The minimum atomic E-state index is -0.490. The summed E-state index contributed by atoms with van der Waals surface area (Å²) in [7, 11) is 0. The van der Waals surface area contributed by atoms with Crippen LogP contribution in [0, 0.1) is 0 Å². The number of carbonyl (C=O) groups is 2. The summed E-state index contributed by atoms with van der Waals surface area (Å²) in [6, 6.07) is 16.6. The number of amides is 2. The zero-order valence-electron chi connectivity index (χ0n) is 17.8. The van der Waals surface area contributed by atoms with E-state index in [1.54, 1.807) is 37.3 Å². The van der Waals surface area contributed by atoms with E-state index in [4.69, 9.17) is 27.9 Å². The van der Waals surface area contributed by atoms with Crippen molar-refractivity contribution in [3.8, 4) is 5.75 Å². The number of nitrogens with one attached hydrogen (secondary N) is 1. The van der Waals surface area contributed by atoms with Crippen molar-refractivity contribution in [3.63, 3.8) is 0 Å². The zero-order valence-corrected chi connectivity index (χ0v) is 19.3. The Hall–Kier alpha value is -3.36. The number of nitrogens with zero attached hydrogens (tertiary/aromatic N) is 3. The Morgan fingerprint density at radius 1 is 1.03 bits per heavy atom. The molecular weight excluding hydrogens is 467 g/mol. The molecule has 0 saturated carbocycles. The second-order valence-electron chi connectivity index (χ2n) is 6.91. The van der Waals surface area contributed by atoms with Crippen LogP contribution in [0.5, 0.6) is 5.75 Å². The SMILES string of the molecule is CCN(CC(=O)Nc1c(Cl)cccc1Cl)C(=O)c1ccc(=O)n(CCOc2ccccc2)n1. The first-order valence-corrected chi connectivity index (χ1v) is 10.9. The molecule has 0 bridgehead atoms. The molecule has 1 heterocycles. The Morgan fingerprint density at radius 3 is 2.39 bits per heavy atom. The summed E-state index contributed by atoms with van der Waals surface area (Å²) in [5.74, 6) is -0.292. The van der Waals surface area contributed by atoms with E-state index in [1.807, 2.05) is 18.2 Å². The van der Waals surface area contributed by atoms with Gasteiger partial charge in [-0.15, -0.1) is 0 Å². The van der Waals surface area contributed by atoms with Crippen molar-refractivity contribution in [2.45, 2.75) is 13.5 Å². The van der Waals surface area contributed by atoms with Crippen LogP contribution in [0.4, 0.5) is 5.69 Å². The molecule has 1 N–H and O–H groups in total. The van der Waals surface area contributed by atoms with Gasteiger partial charge in [0.2, 0.25) is 5.91 Å². The summed E-state index contributed by atoms with van der Waals surface area (Å²) in [5, 5.41) is 7.35. The van der Waals surface area contributed by atoms with Crippen LogP contribution >= 0.6 is 23.2 Å². The Balaban J connectivity index is 1.66. The van der Waals surface area contributed by atoms with E-state index in [9.17, 15) is 14.4 Å². The van der Waals surface area contributed by atoms with Crippen molar-refractivity contribution in [3.05, 3.63) is 86.8 Å². The molecule has 0 aliphatic rings. The molecule has 3 rings (SSSR count). The van der Waals surface area contributed by atoms with Crippen LogP contribution in [0.3, 0.4) is 0 Å². The molecule has 10 heteroatoms. The highest BCUT2D eigenvalue weighted by atomic mass is 35.5. The fourth-order valence-corrected chi connectivity index (χ4v) is 3.44. The first kappa shape index (κ1) is 24.3. The summed E-state index contributed by atoms with van der Waals surface area (Å²) in [6.07, 6.45) is 0. The molecule has 0 atom stereocenters. The molecule has 1 aromatic heterocycles. The molecule has 0 spiro atoms. The largest absolute Gasteiger partial charge is 0.492 e. The number of rotatable bonds is 9. The molecule has 8 nitrogen and oxygen atoms in total. The molecule has 0 aliphatic carbocycles. The van der Waals surface area contributed by atoms with E-state index < -0.39 is 11.8 Å². The Morgan fingerprint density at radius 2 is 1.73 bits per heavy atom. The number of likely N-dealkylation sites (N-methyl/N-ethyl adjacent to an activating group) is 1. The van der Waals surface area contributed by atoms with Crippen LogP contribution in [-0.4, -0.2) is 46.2 Å². The van der Waals surface area contributed by atoms with Crippen molar-refractivity contribution in [2.75, 3.05) is 25.0 Å². The van der Waals surface area contributed by atoms with Crippen LogP contribution in [0.2, 0.25) is 10.0 Å². The predicted octanol–water partition coefficient (Wildman–Crippen LogP) is 3.73. The number of hydrogen-bond acceptors (Lipinski definition) is 5. The summed E-state index contributed by atoms with van der Waals surface area (Å²) < 4.78 is 6.75. The number of para-hydroxylation sites is 2. The molecule has 0 aliphatic heterocycles.